The van der Waals surface area contributed by atoms with Gasteiger partial charge in [0.05, 0.1) is 15.8 Å². The molecule has 0 aliphatic carbocycles. The molecule has 0 amide bonds. The van der Waals surface area contributed by atoms with Crippen molar-refractivity contribution in [2.45, 2.75) is 13.5 Å². The highest BCUT2D eigenvalue weighted by Gasteiger charge is 2.11. The van der Waals surface area contributed by atoms with E-state index in [1.165, 1.54) is 29.5 Å². The van der Waals surface area contributed by atoms with Crippen molar-refractivity contribution < 1.29 is 23.0 Å². The van der Waals surface area contributed by atoms with Gasteiger partial charge in [-0.25, -0.2) is 0 Å². The van der Waals surface area contributed by atoms with Crippen LogP contribution in [-0.4, -0.2) is 19.0 Å². The summed E-state index contributed by atoms with van der Waals surface area (Å²) in [6.45, 7) is -0.890. The fraction of sp³-hybridized carbons (Fsp3) is 0.188. The number of ketones is 1. The Hall–Kier alpha value is -1.92. The predicted octanol–water partition coefficient (Wildman–Crippen LogP) is 5.30. The summed E-state index contributed by atoms with van der Waals surface area (Å²) in [6.07, 6.45) is 2.96. The van der Waals surface area contributed by atoms with Gasteiger partial charge in [0.15, 0.2) is 17.3 Å². The minimum Gasteiger partial charge on any atom is -0.490 e. The molecule has 0 bridgehead atoms. The number of benzene rings is 1. The van der Waals surface area contributed by atoms with Crippen molar-refractivity contribution >= 4 is 34.8 Å². The van der Waals surface area contributed by atoms with E-state index in [-0.39, 0.29) is 17.3 Å². The topological polar surface area (TPSA) is 35.5 Å². The van der Waals surface area contributed by atoms with Gasteiger partial charge in [-0.15, -0.1) is 11.3 Å². The first kappa shape index (κ1) is 17.4. The molecule has 0 saturated carbocycles. The van der Waals surface area contributed by atoms with Crippen LogP contribution in [0.2, 0.25) is 4.34 Å². The lowest BCUT2D eigenvalue weighted by Crippen LogP contribution is -2.04. The molecule has 0 radical (unpaired) electrons. The number of hydrogen-bond acceptors (Lipinski definition) is 4. The van der Waals surface area contributed by atoms with Crippen LogP contribution in [-0.2, 0) is 0 Å². The minimum atomic E-state index is -2.93. The molecule has 1 aromatic carbocycles. The van der Waals surface area contributed by atoms with Crippen LogP contribution in [0, 0.1) is 0 Å². The van der Waals surface area contributed by atoms with Crippen molar-refractivity contribution in [1.82, 2.24) is 0 Å². The molecular weight excluding hydrogens is 346 g/mol. The maximum absolute atomic E-state index is 12.3. The predicted molar refractivity (Wildman–Crippen MR) is 86.9 cm³/mol. The summed E-state index contributed by atoms with van der Waals surface area (Å²) in [5, 5.41) is 0. The summed E-state index contributed by atoms with van der Waals surface area (Å²) < 4.78 is 34.9. The zero-order chi connectivity index (χ0) is 16.8. The third kappa shape index (κ3) is 5.04. The number of carbonyl (C=O) groups is 1. The maximum atomic E-state index is 12.3. The first-order valence-electron chi connectivity index (χ1n) is 6.69. The molecular formula is C16H13ClF2O3S. The van der Waals surface area contributed by atoms with E-state index >= 15 is 0 Å². The molecule has 0 unspecified atom stereocenters. The third-order valence-electron chi connectivity index (χ3n) is 2.73. The van der Waals surface area contributed by atoms with Gasteiger partial charge in [-0.3, -0.25) is 4.79 Å². The summed E-state index contributed by atoms with van der Waals surface area (Å²) in [5.41, 5.74) is 0.631. The number of thiophene rings is 1. The van der Waals surface area contributed by atoms with Gasteiger partial charge in [0.25, 0.3) is 0 Å². The molecule has 7 heteroatoms. The van der Waals surface area contributed by atoms with Crippen molar-refractivity contribution in [2.75, 3.05) is 6.61 Å². The Balaban J connectivity index is 2.17. The minimum absolute atomic E-state index is 0.0460. The zero-order valence-electron chi connectivity index (χ0n) is 12.1. The van der Waals surface area contributed by atoms with E-state index in [9.17, 15) is 13.6 Å². The lowest BCUT2D eigenvalue weighted by molar-refractivity contribution is -0.0514. The van der Waals surface area contributed by atoms with Crippen LogP contribution in [0.25, 0.3) is 6.08 Å². The van der Waals surface area contributed by atoms with Gasteiger partial charge in [0.1, 0.15) is 0 Å². The second kappa shape index (κ2) is 8.08. The average molecular weight is 359 g/mol. The van der Waals surface area contributed by atoms with E-state index in [2.05, 4.69) is 4.74 Å². The van der Waals surface area contributed by atoms with Crippen LogP contribution >= 0.6 is 22.9 Å². The molecule has 2 aromatic rings. The van der Waals surface area contributed by atoms with Crippen molar-refractivity contribution in [1.29, 1.82) is 0 Å². The Morgan fingerprint density at radius 2 is 2.09 bits per heavy atom. The fourth-order valence-electron chi connectivity index (χ4n) is 1.79. The molecule has 23 heavy (non-hydrogen) atoms. The van der Waals surface area contributed by atoms with E-state index in [0.29, 0.717) is 21.4 Å². The van der Waals surface area contributed by atoms with Crippen molar-refractivity contribution in [3.63, 3.8) is 0 Å². The summed E-state index contributed by atoms with van der Waals surface area (Å²) >= 11 is 6.97. The molecule has 0 aliphatic heterocycles. The van der Waals surface area contributed by atoms with E-state index in [1.54, 1.807) is 31.2 Å². The van der Waals surface area contributed by atoms with Gasteiger partial charge in [0, 0.05) is 0 Å². The second-order valence-corrected chi connectivity index (χ2v) is 6.03. The number of ether oxygens (including phenoxy) is 2. The van der Waals surface area contributed by atoms with Crippen molar-refractivity contribution in [2.24, 2.45) is 0 Å². The summed E-state index contributed by atoms with van der Waals surface area (Å²) in [5.74, 6) is -0.0373. The van der Waals surface area contributed by atoms with Gasteiger partial charge in [-0.1, -0.05) is 23.7 Å². The van der Waals surface area contributed by atoms with Crippen LogP contribution in [0.5, 0.6) is 11.5 Å². The average Bonchev–Trinajstić information content (AvgIpc) is 2.93. The Labute approximate surface area is 141 Å². The van der Waals surface area contributed by atoms with Gasteiger partial charge in [0.2, 0.25) is 0 Å². The molecule has 3 nitrogen and oxygen atoms in total. The molecule has 0 spiro atoms. The molecule has 0 N–H and O–H groups in total. The number of carbonyl (C=O) groups excluding carboxylic acids is 1. The summed E-state index contributed by atoms with van der Waals surface area (Å²) in [6, 6.07) is 7.77. The van der Waals surface area contributed by atoms with Crippen LogP contribution in [0.3, 0.4) is 0 Å². The number of rotatable bonds is 7. The molecule has 2 rings (SSSR count). The molecule has 0 fully saturated rings. The van der Waals surface area contributed by atoms with Crippen LogP contribution in [0.1, 0.15) is 22.2 Å². The zero-order valence-corrected chi connectivity index (χ0v) is 13.7. The van der Waals surface area contributed by atoms with Crippen LogP contribution in [0.4, 0.5) is 8.78 Å². The molecule has 0 atom stereocenters. The fourth-order valence-corrected chi connectivity index (χ4v) is 2.75. The maximum Gasteiger partial charge on any atom is 0.387 e. The quantitative estimate of drug-likeness (QED) is 0.498. The van der Waals surface area contributed by atoms with Gasteiger partial charge in [-0.05, 0) is 42.8 Å². The number of halogens is 3. The first-order chi connectivity index (χ1) is 11.0. The molecule has 1 aromatic heterocycles. The Morgan fingerprint density at radius 1 is 1.30 bits per heavy atom. The van der Waals surface area contributed by atoms with E-state index in [4.69, 9.17) is 16.3 Å². The van der Waals surface area contributed by atoms with Gasteiger partial charge >= 0.3 is 6.61 Å². The van der Waals surface area contributed by atoms with Gasteiger partial charge in [-0.2, -0.15) is 8.78 Å². The van der Waals surface area contributed by atoms with Crippen molar-refractivity contribution in [3.05, 3.63) is 51.2 Å². The van der Waals surface area contributed by atoms with E-state index < -0.39 is 6.61 Å². The normalized spacial score (nSPS) is 11.2. The number of allylic oxidation sites excluding steroid dienone is 1. The highest BCUT2D eigenvalue weighted by molar-refractivity contribution is 7.18. The molecule has 122 valence electrons. The lowest BCUT2D eigenvalue weighted by atomic mass is 10.1. The number of alkyl halides is 2. The third-order valence-corrected chi connectivity index (χ3v) is 3.97. The van der Waals surface area contributed by atoms with Crippen LogP contribution in [0.15, 0.2) is 36.4 Å². The van der Waals surface area contributed by atoms with E-state index in [0.717, 1.165) is 0 Å². The summed E-state index contributed by atoms with van der Waals surface area (Å²) in [7, 11) is 0. The monoisotopic (exact) mass is 358 g/mol. The van der Waals surface area contributed by atoms with Gasteiger partial charge < -0.3 is 9.47 Å². The van der Waals surface area contributed by atoms with Crippen LogP contribution < -0.4 is 9.47 Å². The molecule has 1 heterocycles. The SMILES string of the molecule is CCOc1cc(/C=C/C(=O)c2ccc(Cl)s2)ccc1OC(F)F. The molecule has 0 aliphatic rings. The molecule has 0 saturated heterocycles. The number of hydrogen-bond donors (Lipinski definition) is 0. The smallest absolute Gasteiger partial charge is 0.387 e. The largest absolute Gasteiger partial charge is 0.490 e. The van der Waals surface area contributed by atoms with Crippen molar-refractivity contribution in [3.8, 4) is 11.5 Å². The highest BCUT2D eigenvalue weighted by atomic mass is 35.5. The van der Waals surface area contributed by atoms with E-state index in [1.807, 2.05) is 0 Å². The Kier molecular flexibility index (Phi) is 6.12. The standard InChI is InChI=1S/C16H13ClF2O3S/c1-2-21-13-9-10(4-6-12(13)22-16(18)19)3-5-11(20)14-7-8-15(17)23-14/h3-9,16H,2H2,1H3/b5-3+. The lowest BCUT2D eigenvalue weighted by Gasteiger charge is -2.11. The first-order valence-corrected chi connectivity index (χ1v) is 7.88. The second-order valence-electron chi connectivity index (χ2n) is 4.32. The Morgan fingerprint density at radius 3 is 2.70 bits per heavy atom. The summed E-state index contributed by atoms with van der Waals surface area (Å²) in [4.78, 5) is 12.5. The highest BCUT2D eigenvalue weighted by Crippen LogP contribution is 2.30. The Bertz CT molecular complexity index is 713.